The molecule has 8 heteroatoms. The predicted molar refractivity (Wildman–Crippen MR) is 66.0 cm³/mol. The number of nitrogens with one attached hydrogen (secondary N) is 2. The lowest BCUT2D eigenvalue weighted by Crippen LogP contribution is -2.45. The van der Waals surface area contributed by atoms with Crippen molar-refractivity contribution in [1.29, 1.82) is 0 Å². The third-order valence-electron chi connectivity index (χ3n) is 2.44. The maximum absolute atomic E-state index is 13.3. The summed E-state index contributed by atoms with van der Waals surface area (Å²) in [6, 6.07) is 0.138. The second kappa shape index (κ2) is 7.49. The molecule has 2 amide bonds. The van der Waals surface area contributed by atoms with E-state index in [9.17, 15) is 18.4 Å². The molecule has 0 bridgehead atoms. The van der Waals surface area contributed by atoms with Crippen LogP contribution in [0.15, 0.2) is 12.3 Å². The topological polar surface area (TPSA) is 80.3 Å². The van der Waals surface area contributed by atoms with E-state index in [1.54, 1.807) is 0 Å². The molecule has 0 spiro atoms. The van der Waals surface area contributed by atoms with Crippen molar-refractivity contribution in [1.82, 2.24) is 15.6 Å². The number of rotatable bonds is 6. The van der Waals surface area contributed by atoms with Gasteiger partial charge in [-0.25, -0.2) is 9.37 Å². The molecule has 1 aromatic rings. The SMILES string of the molecule is COCCNC(=O)C(C)NC(=O)c1ccnc(F)c1F. The molecule has 0 aromatic carbocycles. The molecule has 1 heterocycles. The molecule has 0 fully saturated rings. The van der Waals surface area contributed by atoms with Crippen LogP contribution >= 0.6 is 0 Å². The fourth-order valence-corrected chi connectivity index (χ4v) is 1.36. The Morgan fingerprint density at radius 2 is 2.15 bits per heavy atom. The Morgan fingerprint density at radius 3 is 2.80 bits per heavy atom. The van der Waals surface area contributed by atoms with Crippen molar-refractivity contribution in [3.05, 3.63) is 29.6 Å². The summed E-state index contributed by atoms with van der Waals surface area (Å²) in [5.74, 6) is -4.06. The third-order valence-corrected chi connectivity index (χ3v) is 2.44. The molecule has 1 unspecified atom stereocenters. The van der Waals surface area contributed by atoms with Gasteiger partial charge >= 0.3 is 0 Å². The summed E-state index contributed by atoms with van der Waals surface area (Å²) in [5.41, 5.74) is -0.506. The fourth-order valence-electron chi connectivity index (χ4n) is 1.36. The van der Waals surface area contributed by atoms with Gasteiger partial charge in [0.05, 0.1) is 12.2 Å². The Bertz CT molecular complexity index is 497. The number of hydrogen-bond donors (Lipinski definition) is 2. The molecule has 1 atom stereocenters. The van der Waals surface area contributed by atoms with Crippen molar-refractivity contribution in [2.75, 3.05) is 20.3 Å². The Balaban J connectivity index is 2.61. The molecule has 2 N–H and O–H groups in total. The van der Waals surface area contributed by atoms with E-state index in [1.165, 1.54) is 14.0 Å². The van der Waals surface area contributed by atoms with Crippen molar-refractivity contribution in [2.24, 2.45) is 0 Å². The highest BCUT2D eigenvalue weighted by Gasteiger charge is 2.20. The first-order valence-corrected chi connectivity index (χ1v) is 5.85. The lowest BCUT2D eigenvalue weighted by atomic mass is 10.2. The van der Waals surface area contributed by atoms with Crippen LogP contribution in [-0.2, 0) is 9.53 Å². The average Bonchev–Trinajstić information content (AvgIpc) is 2.41. The second-order valence-electron chi connectivity index (χ2n) is 3.94. The van der Waals surface area contributed by atoms with E-state index >= 15 is 0 Å². The largest absolute Gasteiger partial charge is 0.383 e. The summed E-state index contributed by atoms with van der Waals surface area (Å²) >= 11 is 0. The molecule has 0 radical (unpaired) electrons. The Hall–Kier alpha value is -2.09. The number of nitrogens with zero attached hydrogens (tertiary/aromatic N) is 1. The van der Waals surface area contributed by atoms with Crippen LogP contribution in [0, 0.1) is 11.8 Å². The van der Waals surface area contributed by atoms with Crippen molar-refractivity contribution in [3.8, 4) is 0 Å². The highest BCUT2D eigenvalue weighted by molar-refractivity contribution is 5.97. The van der Waals surface area contributed by atoms with Crippen LogP contribution in [0.2, 0.25) is 0 Å². The van der Waals surface area contributed by atoms with Gasteiger partial charge in [0.2, 0.25) is 11.9 Å². The molecule has 0 aliphatic heterocycles. The Morgan fingerprint density at radius 1 is 1.45 bits per heavy atom. The first-order chi connectivity index (χ1) is 9.47. The van der Waals surface area contributed by atoms with E-state index in [1.807, 2.05) is 0 Å². The smallest absolute Gasteiger partial charge is 0.255 e. The van der Waals surface area contributed by atoms with E-state index < -0.39 is 35.2 Å². The summed E-state index contributed by atoms with van der Waals surface area (Å²) in [7, 11) is 1.48. The summed E-state index contributed by atoms with van der Waals surface area (Å²) in [5, 5.41) is 4.77. The molecular weight excluding hydrogens is 272 g/mol. The molecule has 0 aliphatic rings. The van der Waals surface area contributed by atoms with Crippen LogP contribution in [0.5, 0.6) is 0 Å². The zero-order valence-corrected chi connectivity index (χ0v) is 11.1. The van der Waals surface area contributed by atoms with Gasteiger partial charge in [0.15, 0.2) is 5.82 Å². The number of ether oxygens (including phenoxy) is 1. The van der Waals surface area contributed by atoms with Gasteiger partial charge in [-0.15, -0.1) is 0 Å². The molecule has 20 heavy (non-hydrogen) atoms. The second-order valence-corrected chi connectivity index (χ2v) is 3.94. The van der Waals surface area contributed by atoms with E-state index in [4.69, 9.17) is 4.74 Å². The van der Waals surface area contributed by atoms with Crippen LogP contribution in [-0.4, -0.2) is 43.1 Å². The minimum Gasteiger partial charge on any atom is -0.383 e. The van der Waals surface area contributed by atoms with Crippen LogP contribution in [0.25, 0.3) is 0 Å². The first kappa shape index (κ1) is 16.0. The van der Waals surface area contributed by atoms with Crippen LogP contribution in [0.3, 0.4) is 0 Å². The highest BCUT2D eigenvalue weighted by Crippen LogP contribution is 2.08. The Labute approximate surface area is 114 Å². The van der Waals surface area contributed by atoms with Gasteiger partial charge in [-0.1, -0.05) is 0 Å². The monoisotopic (exact) mass is 287 g/mol. The zero-order valence-electron chi connectivity index (χ0n) is 11.1. The molecular formula is C12H15F2N3O3. The number of carbonyl (C=O) groups is 2. The lowest BCUT2D eigenvalue weighted by Gasteiger charge is -2.14. The van der Waals surface area contributed by atoms with Gasteiger partial charge in [0.1, 0.15) is 6.04 Å². The lowest BCUT2D eigenvalue weighted by molar-refractivity contribution is -0.122. The van der Waals surface area contributed by atoms with E-state index in [0.29, 0.717) is 6.61 Å². The normalized spacial score (nSPS) is 11.8. The summed E-state index contributed by atoms with van der Waals surface area (Å²) in [4.78, 5) is 26.4. The van der Waals surface area contributed by atoms with E-state index in [2.05, 4.69) is 15.6 Å². The molecule has 1 aromatic heterocycles. The molecule has 110 valence electrons. The molecule has 0 saturated heterocycles. The quantitative estimate of drug-likeness (QED) is 0.580. The van der Waals surface area contributed by atoms with Crippen LogP contribution < -0.4 is 10.6 Å². The standard InChI is InChI=1S/C12H15F2N3O3/c1-7(11(18)16-5-6-20-2)17-12(19)8-3-4-15-10(14)9(8)13/h3-4,7H,5-6H2,1-2H3,(H,16,18)(H,17,19). The minimum atomic E-state index is -1.37. The average molecular weight is 287 g/mol. The Kier molecular flexibility index (Phi) is 5.98. The molecule has 0 saturated carbocycles. The number of hydrogen-bond acceptors (Lipinski definition) is 4. The van der Waals surface area contributed by atoms with Gasteiger partial charge in [-0.05, 0) is 13.0 Å². The third kappa shape index (κ3) is 4.23. The number of aromatic nitrogens is 1. The van der Waals surface area contributed by atoms with E-state index in [0.717, 1.165) is 12.3 Å². The number of methoxy groups -OCH3 is 1. The van der Waals surface area contributed by atoms with Crippen LogP contribution in [0.1, 0.15) is 17.3 Å². The number of carbonyl (C=O) groups excluding carboxylic acids is 2. The van der Waals surface area contributed by atoms with Crippen molar-refractivity contribution in [3.63, 3.8) is 0 Å². The van der Waals surface area contributed by atoms with Gasteiger partial charge in [-0.2, -0.15) is 4.39 Å². The van der Waals surface area contributed by atoms with Gasteiger partial charge < -0.3 is 15.4 Å². The summed E-state index contributed by atoms with van der Waals surface area (Å²) in [6.07, 6.45) is 0.969. The maximum atomic E-state index is 13.3. The molecule has 6 nitrogen and oxygen atoms in total. The van der Waals surface area contributed by atoms with Gasteiger partial charge in [-0.3, -0.25) is 9.59 Å². The number of halogens is 2. The molecule has 0 aliphatic carbocycles. The number of pyridine rings is 1. The van der Waals surface area contributed by atoms with Gasteiger partial charge in [0, 0.05) is 19.9 Å². The minimum absolute atomic E-state index is 0.286. The molecule has 1 rings (SSSR count). The summed E-state index contributed by atoms with van der Waals surface area (Å²) in [6.45, 7) is 2.04. The number of amides is 2. The maximum Gasteiger partial charge on any atom is 0.255 e. The van der Waals surface area contributed by atoms with E-state index in [-0.39, 0.29) is 6.54 Å². The van der Waals surface area contributed by atoms with Crippen molar-refractivity contribution in [2.45, 2.75) is 13.0 Å². The fraction of sp³-hybridized carbons (Fsp3) is 0.417. The summed E-state index contributed by atoms with van der Waals surface area (Å²) < 4.78 is 31.0. The van der Waals surface area contributed by atoms with Crippen molar-refractivity contribution >= 4 is 11.8 Å². The van der Waals surface area contributed by atoms with Crippen molar-refractivity contribution < 1.29 is 23.1 Å². The zero-order chi connectivity index (χ0) is 15.1. The predicted octanol–water partition coefficient (Wildman–Crippen LogP) is 0.241. The first-order valence-electron chi connectivity index (χ1n) is 5.85. The van der Waals surface area contributed by atoms with Gasteiger partial charge in [0.25, 0.3) is 5.91 Å². The highest BCUT2D eigenvalue weighted by atomic mass is 19.2. The van der Waals surface area contributed by atoms with Crippen LogP contribution in [0.4, 0.5) is 8.78 Å².